The van der Waals surface area contributed by atoms with Gasteiger partial charge in [0.2, 0.25) is 5.91 Å². The Balaban J connectivity index is 1.69. The fraction of sp³-hybridized carbons (Fsp3) is 0.923. The van der Waals surface area contributed by atoms with Crippen LogP contribution in [0.15, 0.2) is 0 Å². The number of amides is 1. The van der Waals surface area contributed by atoms with Crippen LogP contribution in [0.2, 0.25) is 0 Å². The number of piperazine rings is 2. The summed E-state index contributed by atoms with van der Waals surface area (Å²) in [5, 5.41) is 3.28. The van der Waals surface area contributed by atoms with E-state index in [-0.39, 0.29) is 0 Å². The van der Waals surface area contributed by atoms with Crippen molar-refractivity contribution in [3.05, 3.63) is 0 Å². The van der Waals surface area contributed by atoms with Gasteiger partial charge in [-0.05, 0) is 14.0 Å². The molecular formula is C13H26N4O. The minimum atomic E-state index is 0.322. The van der Waals surface area contributed by atoms with Crippen molar-refractivity contribution >= 4 is 5.91 Å². The molecule has 2 heterocycles. The molecule has 2 aliphatic rings. The SMILES string of the molecule is CC1CN(CCC(=O)N2CCNCC2)CCN1C. The van der Waals surface area contributed by atoms with E-state index in [0.717, 1.165) is 52.4 Å². The fourth-order valence-corrected chi connectivity index (χ4v) is 2.65. The average Bonchev–Trinajstić information content (AvgIpc) is 2.41. The third kappa shape index (κ3) is 3.67. The van der Waals surface area contributed by atoms with Crippen molar-refractivity contribution in [3.63, 3.8) is 0 Å². The monoisotopic (exact) mass is 254 g/mol. The van der Waals surface area contributed by atoms with Gasteiger partial charge in [-0.1, -0.05) is 0 Å². The van der Waals surface area contributed by atoms with Crippen LogP contribution in [0.5, 0.6) is 0 Å². The van der Waals surface area contributed by atoms with Gasteiger partial charge in [0.15, 0.2) is 0 Å². The van der Waals surface area contributed by atoms with E-state index in [1.54, 1.807) is 0 Å². The summed E-state index contributed by atoms with van der Waals surface area (Å²) in [6, 6.07) is 0.605. The zero-order chi connectivity index (χ0) is 13.0. The summed E-state index contributed by atoms with van der Waals surface area (Å²) in [7, 11) is 2.17. The first-order chi connectivity index (χ1) is 8.66. The topological polar surface area (TPSA) is 38.8 Å². The predicted octanol–water partition coefficient (Wildman–Crippen LogP) is -0.556. The first-order valence-electron chi connectivity index (χ1n) is 7.08. The molecule has 2 aliphatic heterocycles. The number of carbonyl (C=O) groups is 1. The molecule has 2 fully saturated rings. The molecule has 2 rings (SSSR count). The fourth-order valence-electron chi connectivity index (χ4n) is 2.65. The number of hydrogen-bond donors (Lipinski definition) is 1. The number of nitrogens with one attached hydrogen (secondary N) is 1. The van der Waals surface area contributed by atoms with Crippen molar-refractivity contribution in [2.24, 2.45) is 0 Å². The Hall–Kier alpha value is -0.650. The van der Waals surface area contributed by atoms with Crippen molar-refractivity contribution in [1.82, 2.24) is 20.0 Å². The lowest BCUT2D eigenvalue weighted by molar-refractivity contribution is -0.132. The van der Waals surface area contributed by atoms with Crippen LogP contribution in [0.1, 0.15) is 13.3 Å². The van der Waals surface area contributed by atoms with Gasteiger partial charge in [-0.2, -0.15) is 0 Å². The molecule has 5 nitrogen and oxygen atoms in total. The molecule has 0 aromatic rings. The third-order valence-corrected chi connectivity index (χ3v) is 4.16. The maximum atomic E-state index is 12.0. The van der Waals surface area contributed by atoms with Crippen molar-refractivity contribution in [1.29, 1.82) is 0 Å². The largest absolute Gasteiger partial charge is 0.340 e. The maximum absolute atomic E-state index is 12.0. The highest BCUT2D eigenvalue weighted by Crippen LogP contribution is 2.08. The maximum Gasteiger partial charge on any atom is 0.223 e. The van der Waals surface area contributed by atoms with Gasteiger partial charge in [0, 0.05) is 64.8 Å². The molecule has 0 bridgehead atoms. The van der Waals surface area contributed by atoms with Crippen LogP contribution in [0.4, 0.5) is 0 Å². The van der Waals surface area contributed by atoms with Crippen LogP contribution in [0, 0.1) is 0 Å². The molecule has 18 heavy (non-hydrogen) atoms. The first kappa shape index (κ1) is 13.8. The van der Waals surface area contributed by atoms with Crippen LogP contribution in [-0.4, -0.2) is 86.1 Å². The van der Waals surface area contributed by atoms with E-state index in [0.29, 0.717) is 18.4 Å². The van der Waals surface area contributed by atoms with E-state index in [1.165, 1.54) is 0 Å². The minimum Gasteiger partial charge on any atom is -0.340 e. The van der Waals surface area contributed by atoms with Crippen molar-refractivity contribution in [2.45, 2.75) is 19.4 Å². The molecule has 1 amide bonds. The van der Waals surface area contributed by atoms with Gasteiger partial charge in [-0.3, -0.25) is 4.79 Å². The van der Waals surface area contributed by atoms with Crippen molar-refractivity contribution in [3.8, 4) is 0 Å². The van der Waals surface area contributed by atoms with E-state index in [4.69, 9.17) is 0 Å². The molecular weight excluding hydrogens is 228 g/mol. The summed E-state index contributed by atoms with van der Waals surface area (Å²) in [5.41, 5.74) is 0. The quantitative estimate of drug-likeness (QED) is 0.733. The van der Waals surface area contributed by atoms with Crippen LogP contribution in [-0.2, 0) is 4.79 Å². The summed E-state index contributed by atoms with van der Waals surface area (Å²) in [5.74, 6) is 0.322. The summed E-state index contributed by atoms with van der Waals surface area (Å²) in [6.45, 7) is 10.1. The highest BCUT2D eigenvalue weighted by molar-refractivity contribution is 5.76. The zero-order valence-corrected chi connectivity index (χ0v) is 11.7. The predicted molar refractivity (Wildman–Crippen MR) is 72.6 cm³/mol. The molecule has 0 spiro atoms. The number of likely N-dealkylation sites (N-methyl/N-ethyl adjacent to an activating group) is 1. The van der Waals surface area contributed by atoms with Gasteiger partial charge in [-0.15, -0.1) is 0 Å². The molecule has 0 aliphatic carbocycles. The molecule has 1 unspecified atom stereocenters. The first-order valence-corrected chi connectivity index (χ1v) is 7.08. The van der Waals surface area contributed by atoms with E-state index < -0.39 is 0 Å². The Kier molecular flexibility index (Phi) is 4.97. The van der Waals surface area contributed by atoms with E-state index >= 15 is 0 Å². The number of carbonyl (C=O) groups excluding carboxylic acids is 1. The summed E-state index contributed by atoms with van der Waals surface area (Å²) >= 11 is 0. The van der Waals surface area contributed by atoms with E-state index in [1.807, 2.05) is 4.90 Å². The molecule has 0 aromatic heterocycles. The summed E-state index contributed by atoms with van der Waals surface area (Å²) in [4.78, 5) is 18.8. The van der Waals surface area contributed by atoms with Crippen molar-refractivity contribution < 1.29 is 4.79 Å². The molecule has 1 N–H and O–H groups in total. The second-order valence-corrected chi connectivity index (χ2v) is 5.51. The Morgan fingerprint density at radius 1 is 1.22 bits per heavy atom. The normalized spacial score (nSPS) is 27.4. The molecule has 2 saturated heterocycles. The Morgan fingerprint density at radius 2 is 1.94 bits per heavy atom. The lowest BCUT2D eigenvalue weighted by Crippen LogP contribution is -2.51. The van der Waals surface area contributed by atoms with Crippen LogP contribution < -0.4 is 5.32 Å². The Morgan fingerprint density at radius 3 is 2.61 bits per heavy atom. The lowest BCUT2D eigenvalue weighted by Gasteiger charge is -2.38. The van der Waals surface area contributed by atoms with Gasteiger partial charge in [0.1, 0.15) is 0 Å². The number of nitrogens with zero attached hydrogens (tertiary/aromatic N) is 3. The number of rotatable bonds is 3. The number of hydrogen-bond acceptors (Lipinski definition) is 4. The second-order valence-electron chi connectivity index (χ2n) is 5.51. The van der Waals surface area contributed by atoms with Crippen molar-refractivity contribution in [2.75, 3.05) is 59.4 Å². The standard InChI is InChI=1S/C13H26N4O/c1-12-11-16(10-9-15(12)2)6-3-13(18)17-7-4-14-5-8-17/h12,14H,3-11H2,1-2H3. The average molecular weight is 254 g/mol. The van der Waals surface area contributed by atoms with E-state index in [9.17, 15) is 4.79 Å². The third-order valence-electron chi connectivity index (χ3n) is 4.16. The van der Waals surface area contributed by atoms with Gasteiger partial charge < -0.3 is 20.0 Å². The van der Waals surface area contributed by atoms with E-state index in [2.05, 4.69) is 29.1 Å². The molecule has 0 aromatic carbocycles. The Labute approximate surface area is 110 Å². The summed E-state index contributed by atoms with van der Waals surface area (Å²) < 4.78 is 0. The van der Waals surface area contributed by atoms with Crippen LogP contribution >= 0.6 is 0 Å². The van der Waals surface area contributed by atoms with Crippen LogP contribution in [0.25, 0.3) is 0 Å². The molecule has 0 saturated carbocycles. The van der Waals surface area contributed by atoms with Gasteiger partial charge >= 0.3 is 0 Å². The Bertz CT molecular complexity index is 278. The minimum absolute atomic E-state index is 0.322. The molecule has 0 radical (unpaired) electrons. The molecule has 5 heteroatoms. The lowest BCUT2D eigenvalue weighted by atomic mass is 10.2. The van der Waals surface area contributed by atoms with Gasteiger partial charge in [0.05, 0.1) is 0 Å². The van der Waals surface area contributed by atoms with Crippen LogP contribution in [0.3, 0.4) is 0 Å². The molecule has 104 valence electrons. The zero-order valence-electron chi connectivity index (χ0n) is 11.7. The highest BCUT2D eigenvalue weighted by atomic mass is 16.2. The summed E-state index contributed by atoms with van der Waals surface area (Å²) in [6.07, 6.45) is 0.677. The highest BCUT2D eigenvalue weighted by Gasteiger charge is 2.22. The second kappa shape index (κ2) is 6.50. The van der Waals surface area contributed by atoms with Gasteiger partial charge in [0.25, 0.3) is 0 Å². The molecule has 1 atom stereocenters. The smallest absolute Gasteiger partial charge is 0.223 e. The van der Waals surface area contributed by atoms with Gasteiger partial charge in [-0.25, -0.2) is 0 Å².